The molecule has 0 fully saturated rings. The molecule has 1 aromatic carbocycles. The van der Waals surface area contributed by atoms with Gasteiger partial charge >= 0.3 is 0 Å². The standard InChI is InChI=1S/C12H12O2/c1-8(2)11(13)10-5-3-4-9-6-7-14-12(9)10/h3-5H,1,6-7H2,2H3. The van der Waals surface area contributed by atoms with Crippen LogP contribution in [0.4, 0.5) is 0 Å². The second-order valence-electron chi connectivity index (χ2n) is 3.50. The molecule has 0 radical (unpaired) electrons. The van der Waals surface area contributed by atoms with E-state index in [1.54, 1.807) is 13.0 Å². The first-order valence-corrected chi connectivity index (χ1v) is 4.65. The summed E-state index contributed by atoms with van der Waals surface area (Å²) in [6.07, 6.45) is 0.895. The number of ketones is 1. The van der Waals surface area contributed by atoms with Crippen LogP contribution in [-0.2, 0) is 6.42 Å². The third-order valence-corrected chi connectivity index (χ3v) is 2.35. The van der Waals surface area contributed by atoms with E-state index in [1.165, 1.54) is 0 Å². The average Bonchev–Trinajstić information content (AvgIpc) is 2.63. The first-order valence-electron chi connectivity index (χ1n) is 4.65. The summed E-state index contributed by atoms with van der Waals surface area (Å²) in [4.78, 5) is 11.7. The van der Waals surface area contributed by atoms with E-state index in [1.807, 2.05) is 12.1 Å². The van der Waals surface area contributed by atoms with Gasteiger partial charge in [0.1, 0.15) is 5.75 Å². The minimum atomic E-state index is -0.0243. The van der Waals surface area contributed by atoms with E-state index in [0.717, 1.165) is 17.7 Å². The number of carbonyl (C=O) groups excluding carboxylic acids is 1. The second-order valence-corrected chi connectivity index (χ2v) is 3.50. The van der Waals surface area contributed by atoms with Crippen LogP contribution < -0.4 is 4.74 Å². The Labute approximate surface area is 83.2 Å². The number of Topliss-reactive ketones (excluding diaryl/α,β-unsaturated/α-hetero) is 1. The number of carbonyl (C=O) groups is 1. The second kappa shape index (κ2) is 3.29. The number of ether oxygens (including phenoxy) is 1. The lowest BCUT2D eigenvalue weighted by atomic mass is 10.0. The zero-order valence-electron chi connectivity index (χ0n) is 8.17. The zero-order valence-corrected chi connectivity index (χ0v) is 8.17. The van der Waals surface area contributed by atoms with Gasteiger partial charge in [0.15, 0.2) is 5.78 Å². The molecule has 1 aliphatic rings. The Morgan fingerprint density at radius 3 is 3.00 bits per heavy atom. The summed E-state index contributed by atoms with van der Waals surface area (Å²) in [5.41, 5.74) is 2.32. The normalized spacial score (nSPS) is 13.2. The molecule has 0 saturated heterocycles. The summed E-state index contributed by atoms with van der Waals surface area (Å²) in [7, 11) is 0. The van der Waals surface area contributed by atoms with Crippen LogP contribution in [0, 0.1) is 0 Å². The summed E-state index contributed by atoms with van der Waals surface area (Å²) in [6, 6.07) is 5.68. The van der Waals surface area contributed by atoms with Crippen molar-refractivity contribution in [3.63, 3.8) is 0 Å². The molecule has 0 spiro atoms. The van der Waals surface area contributed by atoms with Gasteiger partial charge in [0, 0.05) is 6.42 Å². The number of hydrogen-bond acceptors (Lipinski definition) is 2. The largest absolute Gasteiger partial charge is 0.492 e. The van der Waals surface area contributed by atoms with Gasteiger partial charge in [0.25, 0.3) is 0 Å². The minimum absolute atomic E-state index is 0.0243. The van der Waals surface area contributed by atoms with Gasteiger partial charge in [0.2, 0.25) is 0 Å². The predicted octanol–water partition coefficient (Wildman–Crippen LogP) is 2.38. The molecule has 14 heavy (non-hydrogen) atoms. The molecule has 0 atom stereocenters. The van der Waals surface area contributed by atoms with Gasteiger partial charge in [-0.25, -0.2) is 0 Å². The maximum Gasteiger partial charge on any atom is 0.191 e. The van der Waals surface area contributed by atoms with E-state index in [9.17, 15) is 4.79 Å². The topological polar surface area (TPSA) is 26.3 Å². The molecule has 2 heteroatoms. The van der Waals surface area contributed by atoms with Gasteiger partial charge in [-0.05, 0) is 24.1 Å². The van der Waals surface area contributed by atoms with E-state index >= 15 is 0 Å². The first-order chi connectivity index (χ1) is 6.70. The van der Waals surface area contributed by atoms with Gasteiger partial charge in [0.05, 0.1) is 12.2 Å². The first kappa shape index (κ1) is 9.00. The zero-order chi connectivity index (χ0) is 10.1. The Bertz CT molecular complexity index is 405. The number of benzene rings is 1. The Hall–Kier alpha value is -1.57. The highest BCUT2D eigenvalue weighted by molar-refractivity contribution is 6.10. The quantitative estimate of drug-likeness (QED) is 0.526. The molecule has 0 amide bonds. The van der Waals surface area contributed by atoms with Crippen molar-refractivity contribution in [2.45, 2.75) is 13.3 Å². The fourth-order valence-electron chi connectivity index (χ4n) is 1.62. The van der Waals surface area contributed by atoms with Crippen molar-refractivity contribution in [1.29, 1.82) is 0 Å². The highest BCUT2D eigenvalue weighted by Gasteiger charge is 2.20. The van der Waals surface area contributed by atoms with Crippen molar-refractivity contribution in [2.24, 2.45) is 0 Å². The third kappa shape index (κ3) is 1.33. The van der Waals surface area contributed by atoms with E-state index in [2.05, 4.69) is 6.58 Å². The van der Waals surface area contributed by atoms with Crippen LogP contribution >= 0.6 is 0 Å². The smallest absolute Gasteiger partial charge is 0.191 e. The van der Waals surface area contributed by atoms with Gasteiger partial charge in [-0.2, -0.15) is 0 Å². The summed E-state index contributed by atoms with van der Waals surface area (Å²) < 4.78 is 5.44. The van der Waals surface area contributed by atoms with Crippen LogP contribution in [0.3, 0.4) is 0 Å². The Morgan fingerprint density at radius 1 is 1.50 bits per heavy atom. The third-order valence-electron chi connectivity index (χ3n) is 2.35. The maximum atomic E-state index is 11.7. The fraction of sp³-hybridized carbons (Fsp3) is 0.250. The van der Waals surface area contributed by atoms with E-state index in [4.69, 9.17) is 4.74 Å². The lowest BCUT2D eigenvalue weighted by Crippen LogP contribution is -2.02. The molecule has 0 bridgehead atoms. The van der Waals surface area contributed by atoms with Crippen molar-refractivity contribution < 1.29 is 9.53 Å². The van der Waals surface area contributed by atoms with Crippen molar-refractivity contribution in [2.75, 3.05) is 6.61 Å². The number of allylic oxidation sites excluding steroid dienone is 1. The predicted molar refractivity (Wildman–Crippen MR) is 54.8 cm³/mol. The SMILES string of the molecule is C=C(C)C(=O)c1cccc2c1OCC2. The van der Waals surface area contributed by atoms with Crippen LogP contribution in [0.25, 0.3) is 0 Å². The van der Waals surface area contributed by atoms with Crippen molar-refractivity contribution in [1.82, 2.24) is 0 Å². The Balaban J connectivity index is 2.49. The monoisotopic (exact) mass is 188 g/mol. The number of para-hydroxylation sites is 1. The number of fused-ring (bicyclic) bond motifs is 1. The maximum absolute atomic E-state index is 11.7. The molecule has 0 aromatic heterocycles. The average molecular weight is 188 g/mol. The fourth-order valence-corrected chi connectivity index (χ4v) is 1.62. The molecule has 2 rings (SSSR count). The molecule has 0 unspecified atom stereocenters. The van der Waals surface area contributed by atoms with Crippen molar-refractivity contribution in [3.8, 4) is 5.75 Å². The van der Waals surface area contributed by atoms with Crippen LogP contribution in [0.15, 0.2) is 30.4 Å². The highest BCUT2D eigenvalue weighted by Crippen LogP contribution is 2.30. The van der Waals surface area contributed by atoms with Crippen LogP contribution in [0.1, 0.15) is 22.8 Å². The lowest BCUT2D eigenvalue weighted by molar-refractivity contribution is 0.103. The molecule has 2 nitrogen and oxygen atoms in total. The van der Waals surface area contributed by atoms with Crippen molar-refractivity contribution in [3.05, 3.63) is 41.5 Å². The van der Waals surface area contributed by atoms with Crippen LogP contribution in [-0.4, -0.2) is 12.4 Å². The van der Waals surface area contributed by atoms with Crippen LogP contribution in [0.5, 0.6) is 5.75 Å². The molecule has 1 aromatic rings. The van der Waals surface area contributed by atoms with Crippen molar-refractivity contribution >= 4 is 5.78 Å². The lowest BCUT2D eigenvalue weighted by Gasteiger charge is -2.05. The van der Waals surface area contributed by atoms with Gasteiger partial charge < -0.3 is 4.74 Å². The van der Waals surface area contributed by atoms with Gasteiger partial charge in [-0.3, -0.25) is 4.79 Å². The Kier molecular flexibility index (Phi) is 2.12. The van der Waals surface area contributed by atoms with E-state index in [0.29, 0.717) is 17.7 Å². The van der Waals surface area contributed by atoms with E-state index < -0.39 is 0 Å². The Morgan fingerprint density at radius 2 is 2.29 bits per heavy atom. The van der Waals surface area contributed by atoms with E-state index in [-0.39, 0.29) is 5.78 Å². The van der Waals surface area contributed by atoms with Crippen LogP contribution in [0.2, 0.25) is 0 Å². The number of hydrogen-bond donors (Lipinski definition) is 0. The summed E-state index contributed by atoms with van der Waals surface area (Å²) in [5, 5.41) is 0. The summed E-state index contributed by atoms with van der Waals surface area (Å²) in [6.45, 7) is 6.05. The highest BCUT2D eigenvalue weighted by atomic mass is 16.5. The summed E-state index contributed by atoms with van der Waals surface area (Å²) in [5.74, 6) is 0.726. The minimum Gasteiger partial charge on any atom is -0.492 e. The molecule has 72 valence electrons. The van der Waals surface area contributed by atoms with Gasteiger partial charge in [-0.15, -0.1) is 0 Å². The molecule has 0 saturated carbocycles. The summed E-state index contributed by atoms with van der Waals surface area (Å²) >= 11 is 0. The molecule has 0 N–H and O–H groups in total. The number of rotatable bonds is 2. The molecular weight excluding hydrogens is 176 g/mol. The molecule has 1 aliphatic heterocycles. The molecule has 1 heterocycles. The molecule has 0 aliphatic carbocycles. The van der Waals surface area contributed by atoms with Gasteiger partial charge in [-0.1, -0.05) is 18.7 Å². The molecular formula is C12H12O2.